The highest BCUT2D eigenvalue weighted by molar-refractivity contribution is 8.03. The Morgan fingerprint density at radius 2 is 1.68 bits per heavy atom. The van der Waals surface area contributed by atoms with Gasteiger partial charge in [-0.05, 0) is 29.1 Å². The highest BCUT2D eigenvalue weighted by Crippen LogP contribution is 2.43. The Labute approximate surface area is 180 Å². The van der Waals surface area contributed by atoms with Gasteiger partial charge in [0.2, 0.25) is 0 Å². The molecule has 0 unspecified atom stereocenters. The van der Waals surface area contributed by atoms with E-state index < -0.39 is 0 Å². The molecule has 0 bridgehead atoms. The Morgan fingerprint density at radius 1 is 0.893 bits per heavy atom. The molecule has 2 amide bonds. The largest absolute Gasteiger partial charge is 0.272 e. The number of anilines is 1. The molecule has 0 atom stereocenters. The summed E-state index contributed by atoms with van der Waals surface area (Å²) >= 11 is 15.2. The van der Waals surface area contributed by atoms with Crippen LogP contribution in [0.4, 0.5) is 5.69 Å². The summed E-state index contributed by atoms with van der Waals surface area (Å²) in [5.41, 5.74) is 1.79. The molecule has 0 radical (unpaired) electrons. The van der Waals surface area contributed by atoms with Gasteiger partial charge in [-0.25, -0.2) is 4.90 Å². The summed E-state index contributed by atoms with van der Waals surface area (Å²) < 4.78 is 0. The second kappa shape index (κ2) is 8.13. The van der Waals surface area contributed by atoms with Crippen molar-refractivity contribution in [3.8, 4) is 0 Å². The number of carbonyl (C=O) groups is 2. The molecule has 1 aliphatic rings. The normalized spacial score (nSPS) is 14.3. The van der Waals surface area contributed by atoms with Gasteiger partial charge < -0.3 is 0 Å². The van der Waals surface area contributed by atoms with E-state index in [1.54, 1.807) is 18.2 Å². The maximum absolute atomic E-state index is 13.2. The molecule has 0 spiro atoms. The van der Waals surface area contributed by atoms with Crippen LogP contribution in [0.2, 0.25) is 10.0 Å². The minimum atomic E-state index is -0.382. The second-order valence-electron chi connectivity index (χ2n) is 5.97. The number of hydrogen-bond acceptors (Lipinski definition) is 4. The van der Waals surface area contributed by atoms with Gasteiger partial charge in [0, 0.05) is 10.6 Å². The van der Waals surface area contributed by atoms with Crippen molar-refractivity contribution in [3.63, 3.8) is 0 Å². The SMILES string of the molecule is O=C1C(SCc2ccccc2)=C(c2cccs2)C(=O)N1c1cccc(Cl)c1Cl. The fourth-order valence-electron chi connectivity index (χ4n) is 2.90. The standard InChI is InChI=1S/C21H13Cl2NO2S2/c22-14-8-4-9-15(18(14)23)24-20(25)17(16-10-5-11-27-16)19(21(24)26)28-12-13-6-2-1-3-7-13/h1-11H,12H2. The maximum Gasteiger partial charge on any atom is 0.272 e. The van der Waals surface area contributed by atoms with Crippen LogP contribution >= 0.6 is 46.3 Å². The third kappa shape index (κ3) is 3.51. The summed E-state index contributed by atoms with van der Waals surface area (Å²) in [4.78, 5) is 28.8. The molecule has 2 heterocycles. The van der Waals surface area contributed by atoms with E-state index in [9.17, 15) is 9.59 Å². The van der Waals surface area contributed by atoms with Crippen LogP contribution in [0.15, 0.2) is 70.9 Å². The number of rotatable bonds is 5. The Balaban J connectivity index is 1.74. The number of amides is 2. The van der Waals surface area contributed by atoms with E-state index >= 15 is 0 Å². The van der Waals surface area contributed by atoms with Crippen LogP contribution in [0.1, 0.15) is 10.4 Å². The summed E-state index contributed by atoms with van der Waals surface area (Å²) in [6.45, 7) is 0. The van der Waals surface area contributed by atoms with Crippen LogP contribution in [0.3, 0.4) is 0 Å². The molecule has 3 aromatic rings. The van der Waals surface area contributed by atoms with Gasteiger partial charge in [0.05, 0.1) is 26.2 Å². The van der Waals surface area contributed by atoms with Gasteiger partial charge in [-0.1, -0.05) is 65.7 Å². The zero-order valence-corrected chi connectivity index (χ0v) is 17.5. The van der Waals surface area contributed by atoms with Crippen LogP contribution in [-0.4, -0.2) is 11.8 Å². The van der Waals surface area contributed by atoms with Gasteiger partial charge >= 0.3 is 0 Å². The minimum Gasteiger partial charge on any atom is -0.268 e. The Bertz CT molecular complexity index is 1080. The average Bonchev–Trinajstić information content (AvgIpc) is 3.30. The first kappa shape index (κ1) is 19.3. The fraction of sp³-hybridized carbons (Fsp3) is 0.0476. The minimum absolute atomic E-state index is 0.186. The van der Waals surface area contributed by atoms with Crippen LogP contribution in [-0.2, 0) is 15.3 Å². The van der Waals surface area contributed by atoms with Gasteiger partial charge in [-0.15, -0.1) is 23.1 Å². The lowest BCUT2D eigenvalue weighted by Crippen LogP contribution is -2.31. The molecule has 140 valence electrons. The van der Waals surface area contributed by atoms with Crippen molar-refractivity contribution in [2.24, 2.45) is 0 Å². The van der Waals surface area contributed by atoms with E-state index in [2.05, 4.69) is 0 Å². The van der Waals surface area contributed by atoms with Gasteiger partial charge in [0.25, 0.3) is 11.8 Å². The molecule has 28 heavy (non-hydrogen) atoms. The van der Waals surface area contributed by atoms with Crippen LogP contribution in [0, 0.1) is 0 Å². The lowest BCUT2D eigenvalue weighted by molar-refractivity contribution is -0.119. The number of nitrogens with zero attached hydrogens (tertiary/aromatic N) is 1. The molecule has 1 aromatic heterocycles. The first-order chi connectivity index (χ1) is 13.6. The third-order valence-electron chi connectivity index (χ3n) is 4.21. The number of imide groups is 1. The third-order valence-corrected chi connectivity index (χ3v) is 7.05. The van der Waals surface area contributed by atoms with Crippen LogP contribution in [0.25, 0.3) is 5.57 Å². The average molecular weight is 446 g/mol. The lowest BCUT2D eigenvalue weighted by atomic mass is 10.2. The molecular formula is C21H13Cl2NO2S2. The number of thiophene rings is 1. The van der Waals surface area contributed by atoms with E-state index in [0.717, 1.165) is 15.3 Å². The molecular weight excluding hydrogens is 433 g/mol. The Kier molecular flexibility index (Phi) is 5.60. The Morgan fingerprint density at radius 3 is 2.39 bits per heavy atom. The van der Waals surface area contributed by atoms with Gasteiger partial charge in [-0.2, -0.15) is 0 Å². The first-order valence-electron chi connectivity index (χ1n) is 8.35. The molecule has 0 aliphatic carbocycles. The maximum atomic E-state index is 13.2. The fourth-order valence-corrected chi connectivity index (χ4v) is 5.17. The van der Waals surface area contributed by atoms with Gasteiger partial charge in [-0.3, -0.25) is 9.59 Å². The van der Waals surface area contributed by atoms with Crippen LogP contribution in [0.5, 0.6) is 0 Å². The van der Waals surface area contributed by atoms with Crippen molar-refractivity contribution >= 4 is 69.4 Å². The molecule has 2 aromatic carbocycles. The van der Waals surface area contributed by atoms with E-state index in [1.165, 1.54) is 23.1 Å². The molecule has 7 heteroatoms. The zero-order chi connectivity index (χ0) is 19.7. The van der Waals surface area contributed by atoms with Crippen LogP contribution < -0.4 is 4.90 Å². The highest BCUT2D eigenvalue weighted by Gasteiger charge is 2.41. The summed E-state index contributed by atoms with van der Waals surface area (Å²) in [5.74, 6) is -0.174. The van der Waals surface area contributed by atoms with Gasteiger partial charge in [0.15, 0.2) is 0 Å². The number of halogens is 2. The van der Waals surface area contributed by atoms with Crippen molar-refractivity contribution in [1.29, 1.82) is 0 Å². The zero-order valence-electron chi connectivity index (χ0n) is 14.4. The molecule has 0 N–H and O–H groups in total. The van der Waals surface area contributed by atoms with Crippen molar-refractivity contribution in [1.82, 2.24) is 0 Å². The molecule has 1 aliphatic heterocycles. The predicted octanol–water partition coefficient (Wildman–Crippen LogP) is 6.27. The summed E-state index contributed by atoms with van der Waals surface area (Å²) in [6, 6.07) is 18.4. The summed E-state index contributed by atoms with van der Waals surface area (Å²) in [6.07, 6.45) is 0. The van der Waals surface area contributed by atoms with E-state index in [0.29, 0.717) is 26.9 Å². The van der Waals surface area contributed by atoms with E-state index in [-0.39, 0.29) is 16.8 Å². The molecule has 0 fully saturated rings. The summed E-state index contributed by atoms with van der Waals surface area (Å²) in [7, 11) is 0. The quantitative estimate of drug-likeness (QED) is 0.434. The first-order valence-corrected chi connectivity index (χ1v) is 11.0. The van der Waals surface area contributed by atoms with E-state index in [1.807, 2.05) is 47.8 Å². The van der Waals surface area contributed by atoms with Crippen molar-refractivity contribution in [2.45, 2.75) is 5.75 Å². The van der Waals surface area contributed by atoms with Gasteiger partial charge in [0.1, 0.15) is 0 Å². The Hall–Kier alpha value is -2.05. The molecule has 4 rings (SSSR count). The van der Waals surface area contributed by atoms with Crippen molar-refractivity contribution < 1.29 is 9.59 Å². The summed E-state index contributed by atoms with van der Waals surface area (Å²) in [5, 5.41) is 2.36. The van der Waals surface area contributed by atoms with Crippen molar-refractivity contribution in [3.05, 3.63) is 91.4 Å². The lowest BCUT2D eigenvalue weighted by Gasteiger charge is -2.17. The number of benzene rings is 2. The molecule has 0 saturated carbocycles. The molecule has 0 saturated heterocycles. The predicted molar refractivity (Wildman–Crippen MR) is 118 cm³/mol. The number of thioether (sulfide) groups is 1. The topological polar surface area (TPSA) is 37.4 Å². The smallest absolute Gasteiger partial charge is 0.268 e. The number of carbonyl (C=O) groups excluding carboxylic acids is 2. The molecule has 3 nitrogen and oxygen atoms in total. The number of hydrogen-bond donors (Lipinski definition) is 0. The second-order valence-corrected chi connectivity index (χ2v) is 8.69. The van der Waals surface area contributed by atoms with E-state index in [4.69, 9.17) is 23.2 Å². The highest BCUT2D eigenvalue weighted by atomic mass is 35.5. The van der Waals surface area contributed by atoms with Crippen molar-refractivity contribution in [2.75, 3.05) is 4.90 Å². The monoisotopic (exact) mass is 445 g/mol.